The van der Waals surface area contributed by atoms with E-state index in [1.54, 1.807) is 42.6 Å². The summed E-state index contributed by atoms with van der Waals surface area (Å²) >= 11 is 12.1. The molecule has 0 saturated carbocycles. The summed E-state index contributed by atoms with van der Waals surface area (Å²) in [6.45, 7) is 0.882. The van der Waals surface area contributed by atoms with Gasteiger partial charge in [0.25, 0.3) is 0 Å². The number of benzene rings is 1. The number of nitrogens with zero attached hydrogens (tertiary/aromatic N) is 1. The minimum Gasteiger partial charge on any atom is -0.384 e. The molecule has 2 atom stereocenters. The second kappa shape index (κ2) is 9.73. The maximum Gasteiger partial charge on any atom is 0.243 e. The van der Waals surface area contributed by atoms with Crippen molar-refractivity contribution in [3.63, 3.8) is 0 Å². The number of anilines is 1. The molecule has 7 nitrogen and oxygen atoms in total. The Morgan fingerprint density at radius 1 is 1.21 bits per heavy atom. The number of nitrogens with two attached hydrogens (primary N) is 1. The van der Waals surface area contributed by atoms with Crippen LogP contribution in [0.1, 0.15) is 11.1 Å². The third-order valence-electron chi connectivity index (χ3n) is 4.44. The monoisotopic (exact) mass is 433 g/mol. The van der Waals surface area contributed by atoms with E-state index in [2.05, 4.69) is 20.9 Å². The van der Waals surface area contributed by atoms with Crippen LogP contribution >= 0.6 is 23.2 Å². The zero-order valence-electron chi connectivity index (χ0n) is 15.5. The van der Waals surface area contributed by atoms with Gasteiger partial charge in [0.1, 0.15) is 17.9 Å². The molecule has 0 radical (unpaired) electrons. The number of halogens is 2. The van der Waals surface area contributed by atoms with Crippen LogP contribution in [0.4, 0.5) is 5.82 Å². The van der Waals surface area contributed by atoms with Gasteiger partial charge in [0.15, 0.2) is 0 Å². The SMILES string of the molecule is Nc1ccc(CNC(=O)[C@H](Cc2ccc(Cl)c(Cl)c2)NC(=O)[C@H]2C=CCN2)cn1. The van der Waals surface area contributed by atoms with Crippen LogP contribution in [0.5, 0.6) is 0 Å². The van der Waals surface area contributed by atoms with E-state index < -0.39 is 12.1 Å². The van der Waals surface area contributed by atoms with Gasteiger partial charge >= 0.3 is 0 Å². The molecular formula is C20H21Cl2N5O2. The van der Waals surface area contributed by atoms with Crippen molar-refractivity contribution in [1.82, 2.24) is 20.9 Å². The Bertz CT molecular complexity index is 918. The van der Waals surface area contributed by atoms with Crippen molar-refractivity contribution >= 4 is 40.8 Å². The van der Waals surface area contributed by atoms with Gasteiger partial charge in [-0.1, -0.05) is 47.5 Å². The minimum atomic E-state index is -0.780. The third-order valence-corrected chi connectivity index (χ3v) is 5.18. The van der Waals surface area contributed by atoms with Crippen molar-refractivity contribution in [3.05, 3.63) is 69.9 Å². The first-order valence-corrected chi connectivity index (χ1v) is 9.80. The van der Waals surface area contributed by atoms with E-state index >= 15 is 0 Å². The van der Waals surface area contributed by atoms with Crippen molar-refractivity contribution in [2.45, 2.75) is 25.0 Å². The molecule has 1 aliphatic rings. The zero-order valence-corrected chi connectivity index (χ0v) is 17.0. The summed E-state index contributed by atoms with van der Waals surface area (Å²) in [4.78, 5) is 29.3. The van der Waals surface area contributed by atoms with Crippen LogP contribution in [0.2, 0.25) is 10.0 Å². The average molecular weight is 434 g/mol. The summed E-state index contributed by atoms with van der Waals surface area (Å²) in [7, 11) is 0. The van der Waals surface area contributed by atoms with Crippen LogP contribution in [-0.2, 0) is 22.6 Å². The van der Waals surface area contributed by atoms with E-state index in [0.717, 1.165) is 11.1 Å². The summed E-state index contributed by atoms with van der Waals surface area (Å²) in [5.41, 5.74) is 7.16. The van der Waals surface area contributed by atoms with Gasteiger partial charge in [-0.3, -0.25) is 14.9 Å². The quantitative estimate of drug-likeness (QED) is 0.498. The lowest BCUT2D eigenvalue weighted by Gasteiger charge is -2.21. The number of amides is 2. The highest BCUT2D eigenvalue weighted by atomic mass is 35.5. The Kier molecular flexibility index (Phi) is 7.09. The summed E-state index contributed by atoms with van der Waals surface area (Å²) < 4.78 is 0. The second-order valence-corrected chi connectivity index (χ2v) is 7.45. The van der Waals surface area contributed by atoms with Crippen molar-refractivity contribution in [1.29, 1.82) is 0 Å². The van der Waals surface area contributed by atoms with Gasteiger partial charge in [-0.15, -0.1) is 0 Å². The molecular weight excluding hydrogens is 413 g/mol. The largest absolute Gasteiger partial charge is 0.384 e. The van der Waals surface area contributed by atoms with Crippen LogP contribution in [-0.4, -0.2) is 35.4 Å². The van der Waals surface area contributed by atoms with Crippen molar-refractivity contribution < 1.29 is 9.59 Å². The van der Waals surface area contributed by atoms with Crippen LogP contribution in [0.3, 0.4) is 0 Å². The van der Waals surface area contributed by atoms with E-state index in [9.17, 15) is 9.59 Å². The third kappa shape index (κ3) is 5.93. The van der Waals surface area contributed by atoms with Gasteiger partial charge in [0.05, 0.1) is 10.0 Å². The molecule has 1 aromatic carbocycles. The van der Waals surface area contributed by atoms with Gasteiger partial charge in [-0.25, -0.2) is 4.98 Å². The Hall–Kier alpha value is -2.61. The fourth-order valence-electron chi connectivity index (χ4n) is 2.87. The Morgan fingerprint density at radius 3 is 2.66 bits per heavy atom. The second-order valence-electron chi connectivity index (χ2n) is 6.64. The van der Waals surface area contributed by atoms with Crippen LogP contribution in [0, 0.1) is 0 Å². The smallest absolute Gasteiger partial charge is 0.243 e. The Balaban J connectivity index is 1.70. The molecule has 9 heteroatoms. The average Bonchev–Trinajstić information content (AvgIpc) is 3.24. The molecule has 1 aromatic heterocycles. The van der Waals surface area contributed by atoms with Crippen molar-refractivity contribution in [2.24, 2.45) is 0 Å². The maximum absolute atomic E-state index is 12.8. The molecule has 152 valence electrons. The van der Waals surface area contributed by atoms with E-state index in [1.165, 1.54) is 0 Å². The van der Waals surface area contributed by atoms with E-state index in [-0.39, 0.29) is 24.8 Å². The topological polar surface area (TPSA) is 109 Å². The molecule has 29 heavy (non-hydrogen) atoms. The number of aromatic nitrogens is 1. The lowest BCUT2D eigenvalue weighted by Crippen LogP contribution is -2.52. The molecule has 3 rings (SSSR count). The van der Waals surface area contributed by atoms with Crippen molar-refractivity contribution in [3.8, 4) is 0 Å². The minimum absolute atomic E-state index is 0.265. The van der Waals surface area contributed by atoms with E-state index in [4.69, 9.17) is 28.9 Å². The molecule has 0 bridgehead atoms. The highest BCUT2D eigenvalue weighted by Crippen LogP contribution is 2.23. The summed E-state index contributed by atoms with van der Waals surface area (Å²) in [6, 6.07) is 7.33. The predicted molar refractivity (Wildman–Crippen MR) is 114 cm³/mol. The number of nitrogen functional groups attached to an aromatic ring is 1. The van der Waals surface area contributed by atoms with Gasteiger partial charge < -0.3 is 16.4 Å². The number of carbonyl (C=O) groups excluding carboxylic acids is 2. The molecule has 2 amide bonds. The Labute approximate surface area is 178 Å². The van der Waals surface area contributed by atoms with Crippen LogP contribution in [0.15, 0.2) is 48.7 Å². The van der Waals surface area contributed by atoms with Gasteiger partial charge in [-0.2, -0.15) is 0 Å². The lowest BCUT2D eigenvalue weighted by atomic mass is 10.0. The van der Waals surface area contributed by atoms with Gasteiger partial charge in [-0.05, 0) is 29.3 Å². The Morgan fingerprint density at radius 2 is 2.00 bits per heavy atom. The highest BCUT2D eigenvalue weighted by Gasteiger charge is 2.25. The maximum atomic E-state index is 12.8. The molecule has 2 aromatic rings. The number of hydrogen-bond acceptors (Lipinski definition) is 5. The van der Waals surface area contributed by atoms with Crippen LogP contribution in [0.25, 0.3) is 0 Å². The fourth-order valence-corrected chi connectivity index (χ4v) is 3.19. The molecule has 5 N–H and O–H groups in total. The normalized spacial score (nSPS) is 16.4. The number of carbonyl (C=O) groups is 2. The van der Waals surface area contributed by atoms with Gasteiger partial charge in [0.2, 0.25) is 11.8 Å². The molecule has 0 fully saturated rings. The summed E-state index contributed by atoms with van der Waals surface area (Å²) in [5.74, 6) is -0.182. The summed E-state index contributed by atoms with van der Waals surface area (Å²) in [6.07, 6.45) is 5.50. The molecule has 2 heterocycles. The molecule has 0 aliphatic carbocycles. The van der Waals surface area contributed by atoms with Crippen LogP contribution < -0.4 is 21.7 Å². The van der Waals surface area contributed by atoms with E-state index in [0.29, 0.717) is 22.4 Å². The highest BCUT2D eigenvalue weighted by molar-refractivity contribution is 6.42. The molecule has 0 saturated heterocycles. The van der Waals surface area contributed by atoms with E-state index in [1.807, 2.05) is 6.08 Å². The fraction of sp³-hybridized carbons (Fsp3) is 0.250. The van der Waals surface area contributed by atoms with Crippen molar-refractivity contribution in [2.75, 3.05) is 12.3 Å². The lowest BCUT2D eigenvalue weighted by molar-refractivity contribution is -0.129. The predicted octanol–water partition coefficient (Wildman–Crippen LogP) is 1.84. The number of nitrogens with one attached hydrogen (secondary N) is 3. The first kappa shape index (κ1) is 21.1. The molecule has 1 aliphatic heterocycles. The molecule has 0 unspecified atom stereocenters. The first-order chi connectivity index (χ1) is 13.9. The first-order valence-electron chi connectivity index (χ1n) is 9.05. The summed E-state index contributed by atoms with van der Waals surface area (Å²) in [5, 5.41) is 9.49. The number of hydrogen-bond donors (Lipinski definition) is 4. The standard InChI is InChI=1S/C20H21Cl2N5O2/c21-14-5-3-12(8-15(14)22)9-17(27-20(29)16-2-1-7-24-16)19(28)26-11-13-4-6-18(23)25-10-13/h1-6,8,10,16-17,24H,7,9,11H2,(H2,23,25)(H,26,28)(H,27,29)/t16-,17+/m1/s1. The zero-order chi connectivity index (χ0) is 20.8. The van der Waals surface area contributed by atoms with Gasteiger partial charge in [0, 0.05) is 25.7 Å². The number of pyridine rings is 1. The molecule has 0 spiro atoms. The number of rotatable bonds is 7.